The predicted molar refractivity (Wildman–Crippen MR) is 59.7 cm³/mol. The van der Waals surface area contributed by atoms with E-state index in [0.29, 0.717) is 12.4 Å². The molecule has 0 saturated carbocycles. The van der Waals surface area contributed by atoms with Crippen LogP contribution in [0, 0.1) is 0 Å². The summed E-state index contributed by atoms with van der Waals surface area (Å²) in [6.07, 6.45) is 2.87. The number of hydrogen-bond donors (Lipinski definition) is 1. The molecular weight excluding hydrogens is 214 g/mol. The molecule has 0 unspecified atom stereocenters. The van der Waals surface area contributed by atoms with Crippen LogP contribution in [-0.4, -0.2) is 34.2 Å². The number of carbonyl (C=O) groups is 1. The van der Waals surface area contributed by atoms with E-state index in [-0.39, 0.29) is 5.56 Å². The summed E-state index contributed by atoms with van der Waals surface area (Å²) < 4.78 is 5.34. The maximum Gasteiger partial charge on any atom is 0.339 e. The molecule has 1 N–H and O–H groups in total. The third-order valence-corrected chi connectivity index (χ3v) is 2.57. The number of pyridine rings is 1. The maximum absolute atomic E-state index is 10.8. The Kier molecular flexibility index (Phi) is 4.97. The lowest BCUT2D eigenvalue weighted by Gasteiger charge is -2.07. The second kappa shape index (κ2) is 6.29. The number of hydrogen-bond acceptors (Lipinski definition) is 4. The first kappa shape index (κ1) is 11.8. The highest BCUT2D eigenvalue weighted by Crippen LogP contribution is 2.16. The normalized spacial score (nSPS) is 9.93. The fraction of sp³-hybridized carbons (Fsp3) is 0.400. The summed E-state index contributed by atoms with van der Waals surface area (Å²) in [5.74, 6) is 1.23. The minimum Gasteiger partial charge on any atom is -0.490 e. The lowest BCUT2D eigenvalue weighted by molar-refractivity contribution is 0.0692. The standard InChI is InChI=1S/C10H13NO3S/c1-2-15-6-5-14-9-7-11-4-3-8(9)10(12)13/h3-4,7H,2,5-6H2,1H3,(H,12,13). The van der Waals surface area contributed by atoms with Gasteiger partial charge >= 0.3 is 5.97 Å². The van der Waals surface area contributed by atoms with Gasteiger partial charge in [-0.2, -0.15) is 11.8 Å². The Morgan fingerprint density at radius 1 is 1.67 bits per heavy atom. The van der Waals surface area contributed by atoms with E-state index in [2.05, 4.69) is 11.9 Å². The van der Waals surface area contributed by atoms with Crippen molar-refractivity contribution in [3.8, 4) is 5.75 Å². The second-order valence-electron chi connectivity index (χ2n) is 2.72. The highest BCUT2D eigenvalue weighted by Gasteiger charge is 2.10. The van der Waals surface area contributed by atoms with E-state index in [9.17, 15) is 4.79 Å². The summed E-state index contributed by atoms with van der Waals surface area (Å²) in [6.45, 7) is 2.57. The largest absolute Gasteiger partial charge is 0.490 e. The summed E-state index contributed by atoms with van der Waals surface area (Å²) in [6, 6.07) is 1.44. The summed E-state index contributed by atoms with van der Waals surface area (Å²) >= 11 is 1.75. The molecule has 1 heterocycles. The van der Waals surface area contributed by atoms with E-state index < -0.39 is 5.97 Å². The minimum absolute atomic E-state index is 0.159. The molecule has 0 spiro atoms. The van der Waals surface area contributed by atoms with Crippen LogP contribution in [0.1, 0.15) is 17.3 Å². The molecule has 0 aromatic carbocycles. The van der Waals surface area contributed by atoms with Crippen LogP contribution in [0.15, 0.2) is 18.5 Å². The highest BCUT2D eigenvalue weighted by molar-refractivity contribution is 7.99. The average molecular weight is 227 g/mol. The van der Waals surface area contributed by atoms with Crippen molar-refractivity contribution in [2.45, 2.75) is 6.92 Å². The van der Waals surface area contributed by atoms with Crippen molar-refractivity contribution in [1.29, 1.82) is 0 Å². The smallest absolute Gasteiger partial charge is 0.339 e. The van der Waals surface area contributed by atoms with Gasteiger partial charge in [-0.05, 0) is 11.8 Å². The van der Waals surface area contributed by atoms with Gasteiger partial charge in [0.1, 0.15) is 5.56 Å². The quantitative estimate of drug-likeness (QED) is 0.752. The molecule has 0 radical (unpaired) electrons. The van der Waals surface area contributed by atoms with Crippen LogP contribution in [0.2, 0.25) is 0 Å². The van der Waals surface area contributed by atoms with E-state index in [1.165, 1.54) is 18.5 Å². The molecule has 15 heavy (non-hydrogen) atoms. The van der Waals surface area contributed by atoms with Crippen LogP contribution >= 0.6 is 11.8 Å². The molecule has 0 amide bonds. The Hall–Kier alpha value is -1.23. The summed E-state index contributed by atoms with van der Waals surface area (Å²) in [5, 5.41) is 8.86. The number of rotatable bonds is 6. The lowest BCUT2D eigenvalue weighted by Crippen LogP contribution is -2.06. The van der Waals surface area contributed by atoms with Crippen molar-refractivity contribution < 1.29 is 14.6 Å². The fourth-order valence-electron chi connectivity index (χ4n) is 1.03. The van der Waals surface area contributed by atoms with Gasteiger partial charge in [-0.3, -0.25) is 4.98 Å². The monoisotopic (exact) mass is 227 g/mol. The number of carboxylic acids is 1. The van der Waals surface area contributed by atoms with Gasteiger partial charge in [0.25, 0.3) is 0 Å². The molecule has 0 fully saturated rings. The number of carboxylic acid groups (broad SMARTS) is 1. The molecule has 0 aliphatic rings. The maximum atomic E-state index is 10.8. The van der Waals surface area contributed by atoms with E-state index in [0.717, 1.165) is 11.5 Å². The van der Waals surface area contributed by atoms with Crippen molar-refractivity contribution in [3.05, 3.63) is 24.0 Å². The van der Waals surface area contributed by atoms with Crippen molar-refractivity contribution in [1.82, 2.24) is 4.98 Å². The van der Waals surface area contributed by atoms with Gasteiger partial charge in [-0.25, -0.2) is 4.79 Å². The van der Waals surface area contributed by atoms with E-state index >= 15 is 0 Å². The molecule has 4 nitrogen and oxygen atoms in total. The predicted octanol–water partition coefficient (Wildman–Crippen LogP) is 1.91. The van der Waals surface area contributed by atoms with Gasteiger partial charge in [0.05, 0.1) is 12.8 Å². The van der Waals surface area contributed by atoms with Crippen LogP contribution in [0.5, 0.6) is 5.75 Å². The number of thioether (sulfide) groups is 1. The molecule has 1 rings (SSSR count). The minimum atomic E-state index is -0.990. The van der Waals surface area contributed by atoms with Crippen molar-refractivity contribution in [2.75, 3.05) is 18.1 Å². The first-order valence-electron chi connectivity index (χ1n) is 4.63. The topological polar surface area (TPSA) is 59.4 Å². The van der Waals surface area contributed by atoms with Crippen molar-refractivity contribution in [2.24, 2.45) is 0 Å². The molecule has 0 saturated heterocycles. The number of aromatic carboxylic acids is 1. The van der Waals surface area contributed by atoms with Crippen LogP contribution in [0.4, 0.5) is 0 Å². The SMILES string of the molecule is CCSCCOc1cnccc1C(=O)O. The number of aromatic nitrogens is 1. The Morgan fingerprint density at radius 2 is 2.47 bits per heavy atom. The van der Waals surface area contributed by atoms with Crippen LogP contribution in [0.25, 0.3) is 0 Å². The Morgan fingerprint density at radius 3 is 3.13 bits per heavy atom. The van der Waals surface area contributed by atoms with Gasteiger partial charge in [0.15, 0.2) is 5.75 Å². The molecule has 0 aliphatic heterocycles. The number of ether oxygens (including phenoxy) is 1. The van der Waals surface area contributed by atoms with Crippen LogP contribution in [-0.2, 0) is 0 Å². The molecular formula is C10H13NO3S. The summed E-state index contributed by atoms with van der Waals surface area (Å²) in [5.41, 5.74) is 0.159. The van der Waals surface area contributed by atoms with Gasteiger partial charge in [-0.1, -0.05) is 6.92 Å². The Balaban J connectivity index is 2.56. The Bertz CT molecular complexity index is 330. The zero-order valence-electron chi connectivity index (χ0n) is 8.47. The van der Waals surface area contributed by atoms with Gasteiger partial charge in [0, 0.05) is 11.9 Å². The van der Waals surface area contributed by atoms with Crippen molar-refractivity contribution in [3.63, 3.8) is 0 Å². The van der Waals surface area contributed by atoms with Gasteiger partial charge in [-0.15, -0.1) is 0 Å². The van der Waals surface area contributed by atoms with Gasteiger partial charge in [0.2, 0.25) is 0 Å². The molecule has 5 heteroatoms. The molecule has 1 aromatic heterocycles. The summed E-state index contributed by atoms with van der Waals surface area (Å²) in [7, 11) is 0. The zero-order valence-corrected chi connectivity index (χ0v) is 9.29. The summed E-state index contributed by atoms with van der Waals surface area (Å²) in [4.78, 5) is 14.6. The highest BCUT2D eigenvalue weighted by atomic mass is 32.2. The Labute approximate surface area is 92.7 Å². The third-order valence-electron chi connectivity index (χ3n) is 1.70. The van der Waals surface area contributed by atoms with E-state index in [4.69, 9.17) is 9.84 Å². The van der Waals surface area contributed by atoms with E-state index in [1.807, 2.05) is 0 Å². The van der Waals surface area contributed by atoms with Gasteiger partial charge < -0.3 is 9.84 Å². The third kappa shape index (κ3) is 3.79. The average Bonchev–Trinajstić information content (AvgIpc) is 2.25. The fourth-order valence-corrected chi connectivity index (χ4v) is 1.52. The zero-order chi connectivity index (χ0) is 11.1. The molecule has 0 bridgehead atoms. The van der Waals surface area contributed by atoms with Crippen molar-refractivity contribution >= 4 is 17.7 Å². The van der Waals surface area contributed by atoms with Crippen LogP contribution < -0.4 is 4.74 Å². The van der Waals surface area contributed by atoms with Crippen LogP contribution in [0.3, 0.4) is 0 Å². The molecule has 1 aromatic rings. The second-order valence-corrected chi connectivity index (χ2v) is 4.12. The number of nitrogens with zero attached hydrogens (tertiary/aromatic N) is 1. The molecule has 0 atom stereocenters. The first-order valence-corrected chi connectivity index (χ1v) is 5.79. The van der Waals surface area contributed by atoms with E-state index in [1.54, 1.807) is 11.8 Å². The molecule has 0 aliphatic carbocycles. The first-order chi connectivity index (χ1) is 7.25. The lowest BCUT2D eigenvalue weighted by atomic mass is 10.2. The molecule has 82 valence electrons.